The van der Waals surface area contributed by atoms with Crippen molar-refractivity contribution in [3.63, 3.8) is 0 Å². The molecule has 3 aromatic rings. The number of rotatable bonds is 4. The van der Waals surface area contributed by atoms with Gasteiger partial charge in [0.1, 0.15) is 5.75 Å². The smallest absolute Gasteiger partial charge is 0.281 e. The highest BCUT2D eigenvalue weighted by Gasteiger charge is 2.11. The number of carbonyl (C=O) groups is 1. The third-order valence-electron chi connectivity index (χ3n) is 3.64. The molecule has 0 atom stereocenters. The molecule has 1 heterocycles. The van der Waals surface area contributed by atoms with E-state index in [4.69, 9.17) is 16.3 Å². The Balaban J connectivity index is 2.16. The minimum Gasteiger partial charge on any atom is -0.497 e. The van der Waals surface area contributed by atoms with Crippen molar-refractivity contribution in [2.45, 2.75) is 19.9 Å². The fourth-order valence-corrected chi connectivity index (χ4v) is 3.73. The zero-order chi connectivity index (χ0) is 17.1. The van der Waals surface area contributed by atoms with Crippen LogP contribution in [0, 0.1) is 0 Å². The van der Waals surface area contributed by atoms with Gasteiger partial charge in [-0.25, -0.2) is 0 Å². The predicted molar refractivity (Wildman–Crippen MR) is 98.0 cm³/mol. The summed E-state index contributed by atoms with van der Waals surface area (Å²) in [5, 5.41) is 0.413. The Morgan fingerprint density at radius 2 is 2.08 bits per heavy atom. The molecule has 0 aliphatic rings. The maximum Gasteiger partial charge on any atom is 0.281 e. The maximum absolute atomic E-state index is 12.5. The summed E-state index contributed by atoms with van der Waals surface area (Å²) in [7, 11) is 1.64. The van der Waals surface area contributed by atoms with Crippen molar-refractivity contribution in [2.24, 2.45) is 4.99 Å². The normalized spacial score (nSPS) is 11.9. The molecule has 0 aliphatic heterocycles. The van der Waals surface area contributed by atoms with Crippen LogP contribution < -0.4 is 9.54 Å². The van der Waals surface area contributed by atoms with Crippen molar-refractivity contribution in [3.05, 3.63) is 57.9 Å². The molecule has 124 valence electrons. The van der Waals surface area contributed by atoms with Crippen LogP contribution in [0.25, 0.3) is 10.2 Å². The van der Waals surface area contributed by atoms with Crippen molar-refractivity contribution in [3.8, 4) is 5.75 Å². The summed E-state index contributed by atoms with van der Waals surface area (Å²) < 4.78 is 8.42. The standard InChI is InChI=1S/C18H17ClN2O2S/c1-3-10-21-15-11-12(23-2)8-9-16(15)24-18(21)20-17(22)13-6-4-5-7-14(13)19/h4-9,11H,3,10H2,1-2H3. The van der Waals surface area contributed by atoms with Crippen molar-refractivity contribution < 1.29 is 9.53 Å². The molecule has 0 spiro atoms. The molecular weight excluding hydrogens is 344 g/mol. The number of methoxy groups -OCH3 is 1. The molecule has 0 N–H and O–H groups in total. The third kappa shape index (κ3) is 3.23. The fourth-order valence-electron chi connectivity index (χ4n) is 2.48. The number of aryl methyl sites for hydroxylation is 1. The lowest BCUT2D eigenvalue weighted by Gasteiger charge is -2.04. The van der Waals surface area contributed by atoms with Gasteiger partial charge in [-0.15, -0.1) is 0 Å². The second-order valence-corrected chi connectivity index (χ2v) is 6.68. The van der Waals surface area contributed by atoms with Crippen LogP contribution in [0.15, 0.2) is 47.5 Å². The second kappa shape index (κ2) is 7.20. The highest BCUT2D eigenvalue weighted by atomic mass is 35.5. The van der Waals surface area contributed by atoms with Crippen molar-refractivity contribution in [2.75, 3.05) is 7.11 Å². The Kier molecular flexibility index (Phi) is 5.02. The van der Waals surface area contributed by atoms with Gasteiger partial charge in [0.15, 0.2) is 4.80 Å². The molecule has 0 aliphatic carbocycles. The minimum absolute atomic E-state index is 0.330. The first-order chi connectivity index (χ1) is 11.6. The molecule has 1 amide bonds. The zero-order valence-corrected chi connectivity index (χ0v) is 15.0. The third-order valence-corrected chi connectivity index (χ3v) is 5.03. The van der Waals surface area contributed by atoms with Crippen LogP contribution in [-0.4, -0.2) is 17.6 Å². The minimum atomic E-state index is -0.330. The summed E-state index contributed by atoms with van der Waals surface area (Å²) in [5.74, 6) is 0.457. The van der Waals surface area contributed by atoms with Gasteiger partial charge in [0, 0.05) is 12.6 Å². The van der Waals surface area contributed by atoms with Crippen LogP contribution in [0.1, 0.15) is 23.7 Å². The lowest BCUT2D eigenvalue weighted by atomic mass is 10.2. The Morgan fingerprint density at radius 3 is 2.79 bits per heavy atom. The van der Waals surface area contributed by atoms with Crippen LogP contribution in [0.2, 0.25) is 5.02 Å². The van der Waals surface area contributed by atoms with Gasteiger partial charge < -0.3 is 9.30 Å². The Labute approximate surface area is 149 Å². The van der Waals surface area contributed by atoms with Crippen molar-refractivity contribution >= 4 is 39.1 Å². The number of hydrogen-bond donors (Lipinski definition) is 0. The summed E-state index contributed by atoms with van der Waals surface area (Å²) in [6, 6.07) is 12.8. The van der Waals surface area contributed by atoms with E-state index in [-0.39, 0.29) is 5.91 Å². The molecule has 0 radical (unpaired) electrons. The number of fused-ring (bicyclic) bond motifs is 1. The number of benzene rings is 2. The summed E-state index contributed by atoms with van der Waals surface area (Å²) in [6.45, 7) is 2.87. The van der Waals surface area contributed by atoms with Gasteiger partial charge in [0.05, 0.1) is 27.9 Å². The summed E-state index contributed by atoms with van der Waals surface area (Å²) in [6.07, 6.45) is 0.941. The number of halogens is 1. The quantitative estimate of drug-likeness (QED) is 0.686. The largest absolute Gasteiger partial charge is 0.497 e. The fraction of sp³-hybridized carbons (Fsp3) is 0.222. The molecule has 24 heavy (non-hydrogen) atoms. The van der Waals surface area contributed by atoms with Gasteiger partial charge in [-0.3, -0.25) is 4.79 Å². The number of amides is 1. The number of hydrogen-bond acceptors (Lipinski definition) is 3. The van der Waals surface area contributed by atoms with Crippen LogP contribution in [-0.2, 0) is 6.54 Å². The lowest BCUT2D eigenvalue weighted by Crippen LogP contribution is -2.17. The number of aromatic nitrogens is 1. The monoisotopic (exact) mass is 360 g/mol. The first-order valence-electron chi connectivity index (χ1n) is 7.65. The summed E-state index contributed by atoms with van der Waals surface area (Å²) >= 11 is 7.59. The summed E-state index contributed by atoms with van der Waals surface area (Å²) in [4.78, 5) is 17.5. The Bertz CT molecular complexity index is 959. The van der Waals surface area contributed by atoms with Gasteiger partial charge in [-0.1, -0.05) is 42.0 Å². The van der Waals surface area contributed by atoms with Gasteiger partial charge in [-0.2, -0.15) is 4.99 Å². The van der Waals surface area contributed by atoms with E-state index in [1.165, 1.54) is 11.3 Å². The molecular formula is C18H17ClN2O2S. The first-order valence-corrected chi connectivity index (χ1v) is 8.84. The zero-order valence-electron chi connectivity index (χ0n) is 13.5. The first kappa shape index (κ1) is 16.7. The van der Waals surface area contributed by atoms with Crippen LogP contribution in [0.5, 0.6) is 5.75 Å². The molecule has 6 heteroatoms. The Morgan fingerprint density at radius 1 is 1.29 bits per heavy atom. The van der Waals surface area contributed by atoms with E-state index >= 15 is 0 Å². The van der Waals surface area contributed by atoms with Gasteiger partial charge in [-0.05, 0) is 30.7 Å². The van der Waals surface area contributed by atoms with E-state index in [1.807, 2.05) is 18.2 Å². The lowest BCUT2D eigenvalue weighted by molar-refractivity contribution is 0.0998. The molecule has 0 saturated heterocycles. The summed E-state index contributed by atoms with van der Waals surface area (Å²) in [5.41, 5.74) is 1.43. The number of thiazole rings is 1. The van der Waals surface area contributed by atoms with E-state index in [9.17, 15) is 4.79 Å². The second-order valence-electron chi connectivity index (χ2n) is 5.27. The van der Waals surface area contributed by atoms with Crippen molar-refractivity contribution in [1.82, 2.24) is 4.57 Å². The SMILES string of the molecule is CCCn1c(=NC(=O)c2ccccc2Cl)sc2ccc(OC)cc21. The van der Waals surface area contributed by atoms with Gasteiger partial charge in [0.2, 0.25) is 0 Å². The van der Waals surface area contributed by atoms with Crippen LogP contribution in [0.4, 0.5) is 0 Å². The molecule has 0 unspecified atom stereocenters. The molecule has 1 aromatic heterocycles. The van der Waals surface area contributed by atoms with Gasteiger partial charge in [0.25, 0.3) is 5.91 Å². The van der Waals surface area contributed by atoms with E-state index < -0.39 is 0 Å². The molecule has 3 rings (SSSR count). The average molecular weight is 361 g/mol. The number of ether oxygens (including phenoxy) is 1. The Hall–Kier alpha value is -2.11. The topological polar surface area (TPSA) is 43.6 Å². The molecule has 0 saturated carbocycles. The molecule has 4 nitrogen and oxygen atoms in total. The van der Waals surface area contributed by atoms with E-state index in [0.29, 0.717) is 15.4 Å². The van der Waals surface area contributed by atoms with E-state index in [1.54, 1.807) is 31.4 Å². The molecule has 0 bridgehead atoms. The average Bonchev–Trinajstić information content (AvgIpc) is 2.92. The number of carbonyl (C=O) groups excluding carboxylic acids is 1. The molecule has 2 aromatic carbocycles. The highest BCUT2D eigenvalue weighted by Crippen LogP contribution is 2.23. The van der Waals surface area contributed by atoms with Crippen LogP contribution >= 0.6 is 22.9 Å². The predicted octanol–water partition coefficient (Wildman–Crippen LogP) is 4.52. The number of nitrogens with zero attached hydrogens (tertiary/aromatic N) is 2. The van der Waals surface area contributed by atoms with Crippen LogP contribution in [0.3, 0.4) is 0 Å². The van der Waals surface area contributed by atoms with Crippen molar-refractivity contribution in [1.29, 1.82) is 0 Å². The van der Waals surface area contributed by atoms with E-state index in [2.05, 4.69) is 16.5 Å². The maximum atomic E-state index is 12.5. The van der Waals surface area contributed by atoms with E-state index in [0.717, 1.165) is 28.9 Å². The van der Waals surface area contributed by atoms with Gasteiger partial charge >= 0.3 is 0 Å². The molecule has 0 fully saturated rings. The highest BCUT2D eigenvalue weighted by molar-refractivity contribution is 7.16.